The van der Waals surface area contributed by atoms with E-state index >= 15 is 0 Å². The molecule has 0 radical (unpaired) electrons. The van der Waals surface area contributed by atoms with Crippen LogP contribution in [0.2, 0.25) is 0 Å². The summed E-state index contributed by atoms with van der Waals surface area (Å²) in [5.74, 6) is -0.0798. The van der Waals surface area contributed by atoms with Gasteiger partial charge in [0.2, 0.25) is 5.91 Å². The fraction of sp³-hybridized carbons (Fsp3) is 0.538. The molecule has 0 aliphatic rings. The first-order valence-corrected chi connectivity index (χ1v) is 5.77. The number of hydrogen-bond donors (Lipinski definition) is 1. The fourth-order valence-corrected chi connectivity index (χ4v) is 1.23. The van der Waals surface area contributed by atoms with E-state index in [9.17, 15) is 4.79 Å². The number of aromatic nitrogens is 1. The average Bonchev–Trinajstić information content (AvgIpc) is 2.27. The van der Waals surface area contributed by atoms with Crippen LogP contribution in [0.25, 0.3) is 0 Å². The molecule has 0 unspecified atom stereocenters. The summed E-state index contributed by atoms with van der Waals surface area (Å²) in [6.07, 6.45) is 4.33. The van der Waals surface area contributed by atoms with Crippen LogP contribution in [0.5, 0.6) is 0 Å². The number of hydrogen-bond acceptors (Lipinski definition) is 3. The molecule has 4 nitrogen and oxygen atoms in total. The zero-order chi connectivity index (χ0) is 12.7. The first-order chi connectivity index (χ1) is 7.97. The van der Waals surface area contributed by atoms with Crippen molar-refractivity contribution < 1.29 is 9.53 Å². The Labute approximate surface area is 102 Å². The standard InChI is InChI=1S/C13H20N2O2/c1-13(2,3)17-10-12(16)15-8-6-11-5-4-7-14-9-11/h4-5,7,9H,6,8,10H2,1-3H3,(H,15,16). The van der Waals surface area contributed by atoms with Crippen LogP contribution in [0.4, 0.5) is 0 Å². The Morgan fingerprint density at radius 3 is 2.82 bits per heavy atom. The Bertz CT molecular complexity index is 344. The number of rotatable bonds is 5. The number of nitrogens with zero attached hydrogens (tertiary/aromatic N) is 1. The second kappa shape index (κ2) is 6.35. The number of nitrogens with one attached hydrogen (secondary N) is 1. The van der Waals surface area contributed by atoms with E-state index in [1.165, 1.54) is 0 Å². The molecule has 0 saturated heterocycles. The normalized spacial score (nSPS) is 11.2. The summed E-state index contributed by atoms with van der Waals surface area (Å²) in [4.78, 5) is 15.4. The van der Waals surface area contributed by atoms with Crippen molar-refractivity contribution in [1.29, 1.82) is 0 Å². The predicted octanol–water partition coefficient (Wildman–Crippen LogP) is 1.56. The van der Waals surface area contributed by atoms with Crippen LogP contribution in [0, 0.1) is 0 Å². The van der Waals surface area contributed by atoms with Crippen LogP contribution >= 0.6 is 0 Å². The Hall–Kier alpha value is -1.42. The van der Waals surface area contributed by atoms with E-state index in [4.69, 9.17) is 4.74 Å². The molecule has 1 rings (SSSR count). The van der Waals surface area contributed by atoms with E-state index < -0.39 is 0 Å². The summed E-state index contributed by atoms with van der Waals surface area (Å²) in [5.41, 5.74) is 0.838. The SMILES string of the molecule is CC(C)(C)OCC(=O)NCCc1cccnc1. The minimum absolute atomic E-state index is 0.0798. The van der Waals surface area contributed by atoms with Gasteiger partial charge >= 0.3 is 0 Å². The average molecular weight is 236 g/mol. The summed E-state index contributed by atoms with van der Waals surface area (Å²) in [6, 6.07) is 3.88. The molecule has 0 aliphatic carbocycles. The van der Waals surface area contributed by atoms with Gasteiger partial charge in [-0.1, -0.05) is 6.07 Å². The molecule has 1 aromatic heterocycles. The molecule has 0 saturated carbocycles. The van der Waals surface area contributed by atoms with Crippen molar-refractivity contribution in [2.45, 2.75) is 32.8 Å². The first kappa shape index (κ1) is 13.6. The van der Waals surface area contributed by atoms with Crippen molar-refractivity contribution in [3.63, 3.8) is 0 Å². The summed E-state index contributed by atoms with van der Waals surface area (Å²) in [7, 11) is 0. The van der Waals surface area contributed by atoms with Crippen LogP contribution in [0.15, 0.2) is 24.5 Å². The van der Waals surface area contributed by atoms with Gasteiger partial charge in [0.1, 0.15) is 6.61 Å². The second-order valence-corrected chi connectivity index (χ2v) is 4.86. The van der Waals surface area contributed by atoms with Gasteiger partial charge in [0, 0.05) is 18.9 Å². The minimum atomic E-state index is -0.277. The third-order valence-electron chi connectivity index (χ3n) is 2.09. The van der Waals surface area contributed by atoms with Crippen LogP contribution in [0.1, 0.15) is 26.3 Å². The van der Waals surface area contributed by atoms with E-state index in [0.717, 1.165) is 12.0 Å². The lowest BCUT2D eigenvalue weighted by Gasteiger charge is -2.18. The molecule has 0 bridgehead atoms. The van der Waals surface area contributed by atoms with Gasteiger partial charge < -0.3 is 10.1 Å². The molecular formula is C13H20N2O2. The second-order valence-electron chi connectivity index (χ2n) is 4.86. The molecule has 4 heteroatoms. The molecule has 0 spiro atoms. The highest BCUT2D eigenvalue weighted by Gasteiger charge is 2.12. The maximum Gasteiger partial charge on any atom is 0.246 e. The van der Waals surface area contributed by atoms with Crippen LogP contribution in [-0.2, 0) is 16.0 Å². The Morgan fingerprint density at radius 2 is 2.24 bits per heavy atom. The molecule has 1 heterocycles. The zero-order valence-electron chi connectivity index (χ0n) is 10.7. The highest BCUT2D eigenvalue weighted by atomic mass is 16.5. The largest absolute Gasteiger partial charge is 0.366 e. The number of amides is 1. The smallest absolute Gasteiger partial charge is 0.246 e. The minimum Gasteiger partial charge on any atom is -0.366 e. The molecule has 0 atom stereocenters. The fourth-order valence-electron chi connectivity index (χ4n) is 1.23. The molecule has 94 valence electrons. The topological polar surface area (TPSA) is 51.2 Å². The van der Waals surface area contributed by atoms with Crippen molar-refractivity contribution >= 4 is 5.91 Å². The maximum absolute atomic E-state index is 11.4. The van der Waals surface area contributed by atoms with Gasteiger partial charge in [-0.2, -0.15) is 0 Å². The molecule has 1 aromatic rings. The lowest BCUT2D eigenvalue weighted by molar-refractivity contribution is -0.130. The van der Waals surface area contributed by atoms with Crippen molar-refractivity contribution in [3.05, 3.63) is 30.1 Å². The van der Waals surface area contributed by atoms with Gasteiger partial charge in [-0.25, -0.2) is 0 Å². The van der Waals surface area contributed by atoms with Gasteiger partial charge in [-0.05, 0) is 38.8 Å². The molecular weight excluding hydrogens is 216 g/mol. The van der Waals surface area contributed by atoms with E-state index in [1.807, 2.05) is 32.9 Å². The van der Waals surface area contributed by atoms with E-state index in [2.05, 4.69) is 10.3 Å². The number of ether oxygens (including phenoxy) is 1. The molecule has 1 amide bonds. The lowest BCUT2D eigenvalue weighted by atomic mass is 10.2. The van der Waals surface area contributed by atoms with Crippen molar-refractivity contribution in [2.75, 3.05) is 13.2 Å². The van der Waals surface area contributed by atoms with Crippen molar-refractivity contribution in [1.82, 2.24) is 10.3 Å². The summed E-state index contributed by atoms with van der Waals surface area (Å²) in [6.45, 7) is 6.50. The zero-order valence-corrected chi connectivity index (χ0v) is 10.7. The van der Waals surface area contributed by atoms with Gasteiger partial charge in [0.05, 0.1) is 5.60 Å². The Kier molecular flexibility index (Phi) is 5.10. The van der Waals surface area contributed by atoms with E-state index in [-0.39, 0.29) is 18.1 Å². The third-order valence-corrected chi connectivity index (χ3v) is 2.09. The van der Waals surface area contributed by atoms with Crippen LogP contribution in [0.3, 0.4) is 0 Å². The van der Waals surface area contributed by atoms with E-state index in [0.29, 0.717) is 6.54 Å². The molecule has 0 aliphatic heterocycles. The highest BCUT2D eigenvalue weighted by molar-refractivity contribution is 5.77. The molecule has 0 aromatic carbocycles. The third kappa shape index (κ3) is 6.68. The van der Waals surface area contributed by atoms with E-state index in [1.54, 1.807) is 12.4 Å². The summed E-state index contributed by atoms with van der Waals surface area (Å²) < 4.78 is 5.37. The number of pyridine rings is 1. The quantitative estimate of drug-likeness (QED) is 0.844. The van der Waals surface area contributed by atoms with Gasteiger partial charge in [0.15, 0.2) is 0 Å². The van der Waals surface area contributed by atoms with Gasteiger partial charge in [0.25, 0.3) is 0 Å². The first-order valence-electron chi connectivity index (χ1n) is 5.77. The van der Waals surface area contributed by atoms with Gasteiger partial charge in [-0.15, -0.1) is 0 Å². The van der Waals surface area contributed by atoms with Crippen molar-refractivity contribution in [2.24, 2.45) is 0 Å². The Morgan fingerprint density at radius 1 is 1.47 bits per heavy atom. The lowest BCUT2D eigenvalue weighted by Crippen LogP contribution is -2.33. The van der Waals surface area contributed by atoms with Gasteiger partial charge in [-0.3, -0.25) is 9.78 Å². The van der Waals surface area contributed by atoms with Crippen LogP contribution < -0.4 is 5.32 Å². The predicted molar refractivity (Wildman–Crippen MR) is 66.7 cm³/mol. The van der Waals surface area contributed by atoms with Crippen LogP contribution in [-0.4, -0.2) is 29.6 Å². The number of carbonyl (C=O) groups is 1. The monoisotopic (exact) mass is 236 g/mol. The number of carbonyl (C=O) groups excluding carboxylic acids is 1. The Balaban J connectivity index is 2.17. The highest BCUT2D eigenvalue weighted by Crippen LogP contribution is 2.05. The molecule has 0 fully saturated rings. The summed E-state index contributed by atoms with van der Waals surface area (Å²) >= 11 is 0. The summed E-state index contributed by atoms with van der Waals surface area (Å²) in [5, 5.41) is 2.81. The van der Waals surface area contributed by atoms with Crippen molar-refractivity contribution in [3.8, 4) is 0 Å². The molecule has 17 heavy (non-hydrogen) atoms. The maximum atomic E-state index is 11.4. The molecule has 1 N–H and O–H groups in total.